The van der Waals surface area contributed by atoms with E-state index in [2.05, 4.69) is 20.4 Å². The Balaban J connectivity index is 0.00000480. The van der Waals surface area contributed by atoms with E-state index in [9.17, 15) is 13.2 Å². The van der Waals surface area contributed by atoms with Crippen LogP contribution in [0.5, 0.6) is 0 Å². The number of guanidine groups is 1. The smallest absolute Gasteiger partial charge is 0.381 e. The summed E-state index contributed by atoms with van der Waals surface area (Å²) in [6, 6.07) is 7.21. The molecule has 0 aliphatic carbocycles. The van der Waals surface area contributed by atoms with Gasteiger partial charge in [0.1, 0.15) is 6.61 Å². The van der Waals surface area contributed by atoms with E-state index >= 15 is 0 Å². The summed E-state index contributed by atoms with van der Waals surface area (Å²) >= 11 is 0. The summed E-state index contributed by atoms with van der Waals surface area (Å²) < 4.78 is 52.2. The van der Waals surface area contributed by atoms with E-state index in [1.165, 1.54) is 0 Å². The monoisotopic (exact) mass is 559 g/mol. The molecule has 0 unspecified atom stereocenters. The first-order chi connectivity index (χ1) is 14.5. The van der Waals surface area contributed by atoms with E-state index in [4.69, 9.17) is 9.47 Å². The van der Waals surface area contributed by atoms with Crippen molar-refractivity contribution in [2.75, 3.05) is 39.5 Å². The van der Waals surface area contributed by atoms with Crippen LogP contribution in [0.2, 0.25) is 0 Å². The van der Waals surface area contributed by atoms with Crippen LogP contribution in [0.15, 0.2) is 29.3 Å². The fourth-order valence-corrected chi connectivity index (χ4v) is 2.91. The molecular formula is C21H33F3IN3O3. The molecule has 0 aromatic heterocycles. The van der Waals surface area contributed by atoms with Crippen LogP contribution in [0.3, 0.4) is 0 Å². The highest BCUT2D eigenvalue weighted by Crippen LogP contribution is 2.16. The van der Waals surface area contributed by atoms with Crippen LogP contribution >= 0.6 is 24.0 Å². The van der Waals surface area contributed by atoms with E-state index in [1.807, 2.05) is 19.1 Å². The molecule has 1 saturated heterocycles. The number of rotatable bonds is 11. The summed E-state index contributed by atoms with van der Waals surface area (Å²) in [7, 11) is 0. The molecule has 2 N–H and O–H groups in total. The highest BCUT2D eigenvalue weighted by molar-refractivity contribution is 14.0. The fraction of sp³-hybridized carbons (Fsp3) is 0.667. The van der Waals surface area contributed by atoms with Crippen LogP contribution in [-0.4, -0.2) is 57.8 Å². The van der Waals surface area contributed by atoms with Crippen LogP contribution in [0.1, 0.15) is 37.3 Å². The zero-order valence-electron chi connectivity index (χ0n) is 17.9. The van der Waals surface area contributed by atoms with E-state index in [-0.39, 0.29) is 30.6 Å². The third-order valence-corrected chi connectivity index (χ3v) is 4.46. The Morgan fingerprint density at radius 1 is 1.13 bits per heavy atom. The zero-order chi connectivity index (χ0) is 21.7. The Hall–Kier alpha value is -1.11. The molecule has 6 nitrogen and oxygen atoms in total. The lowest BCUT2D eigenvalue weighted by molar-refractivity contribution is -0.176. The number of hydrogen-bond acceptors (Lipinski definition) is 4. The van der Waals surface area contributed by atoms with E-state index < -0.39 is 12.8 Å². The molecule has 0 bridgehead atoms. The molecule has 1 fully saturated rings. The maximum atomic E-state index is 12.1. The number of alkyl halides is 3. The Kier molecular flexibility index (Phi) is 14.1. The van der Waals surface area contributed by atoms with Gasteiger partial charge >= 0.3 is 6.18 Å². The molecule has 1 aliphatic heterocycles. The van der Waals surface area contributed by atoms with Gasteiger partial charge in [0.2, 0.25) is 0 Å². The molecule has 1 aliphatic rings. The first-order valence-corrected chi connectivity index (χ1v) is 10.4. The van der Waals surface area contributed by atoms with Gasteiger partial charge in [0, 0.05) is 32.9 Å². The molecule has 1 aromatic carbocycles. The average Bonchev–Trinajstić information content (AvgIpc) is 2.72. The molecule has 0 radical (unpaired) electrons. The third kappa shape index (κ3) is 13.1. The minimum atomic E-state index is -4.30. The van der Waals surface area contributed by atoms with Gasteiger partial charge < -0.3 is 24.8 Å². The minimum absolute atomic E-state index is 0. The summed E-state index contributed by atoms with van der Waals surface area (Å²) in [6.07, 6.45) is -1.19. The van der Waals surface area contributed by atoms with Crippen molar-refractivity contribution < 1.29 is 27.4 Å². The summed E-state index contributed by atoms with van der Waals surface area (Å²) in [5.41, 5.74) is 1.66. The second kappa shape index (κ2) is 15.7. The van der Waals surface area contributed by atoms with Crippen molar-refractivity contribution in [2.24, 2.45) is 4.99 Å². The van der Waals surface area contributed by atoms with Crippen molar-refractivity contribution >= 4 is 29.9 Å². The van der Waals surface area contributed by atoms with Crippen molar-refractivity contribution in [3.05, 3.63) is 35.4 Å². The van der Waals surface area contributed by atoms with Gasteiger partial charge in [0.05, 0.1) is 19.3 Å². The summed E-state index contributed by atoms with van der Waals surface area (Å²) in [4.78, 5) is 4.55. The van der Waals surface area contributed by atoms with E-state index in [1.54, 1.807) is 12.1 Å². The number of nitrogens with zero attached hydrogens (tertiary/aromatic N) is 1. The number of benzene rings is 1. The number of hydrogen-bond donors (Lipinski definition) is 2. The van der Waals surface area contributed by atoms with Gasteiger partial charge in [-0.2, -0.15) is 13.2 Å². The molecule has 1 aromatic rings. The molecule has 0 saturated carbocycles. The van der Waals surface area contributed by atoms with E-state index in [0.717, 1.165) is 57.1 Å². The van der Waals surface area contributed by atoms with Crippen LogP contribution in [0.25, 0.3) is 0 Å². The van der Waals surface area contributed by atoms with Gasteiger partial charge in [-0.1, -0.05) is 24.3 Å². The van der Waals surface area contributed by atoms with Gasteiger partial charge in [-0.05, 0) is 37.3 Å². The first kappa shape index (κ1) is 27.9. The number of halogens is 4. The quantitative estimate of drug-likeness (QED) is 0.186. The highest BCUT2D eigenvalue weighted by atomic mass is 127. The number of aliphatic imine (C=N–C) groups is 1. The van der Waals surface area contributed by atoms with Gasteiger partial charge in [-0.25, -0.2) is 4.99 Å². The molecule has 10 heteroatoms. The Bertz CT molecular complexity index is 625. The van der Waals surface area contributed by atoms with Gasteiger partial charge in [0.25, 0.3) is 0 Å². The highest BCUT2D eigenvalue weighted by Gasteiger charge is 2.27. The number of ether oxygens (including phenoxy) is 3. The molecule has 31 heavy (non-hydrogen) atoms. The number of nitrogens with one attached hydrogen (secondary N) is 2. The molecule has 0 spiro atoms. The maximum absolute atomic E-state index is 12.1. The topological polar surface area (TPSA) is 64.1 Å². The lowest BCUT2D eigenvalue weighted by Gasteiger charge is -2.22. The predicted molar refractivity (Wildman–Crippen MR) is 125 cm³/mol. The molecule has 0 atom stereocenters. The second-order valence-electron chi connectivity index (χ2n) is 7.08. The van der Waals surface area contributed by atoms with Gasteiger partial charge in [-0.3, -0.25) is 0 Å². The normalized spacial score (nSPS) is 15.4. The molecular weight excluding hydrogens is 526 g/mol. The van der Waals surface area contributed by atoms with Crippen LogP contribution in [-0.2, 0) is 27.4 Å². The lowest BCUT2D eigenvalue weighted by atomic mass is 10.1. The lowest BCUT2D eigenvalue weighted by Crippen LogP contribution is -2.38. The summed E-state index contributed by atoms with van der Waals surface area (Å²) in [5, 5.41) is 6.49. The minimum Gasteiger partial charge on any atom is -0.381 e. The fourth-order valence-electron chi connectivity index (χ4n) is 2.91. The third-order valence-electron chi connectivity index (χ3n) is 4.46. The van der Waals surface area contributed by atoms with Gasteiger partial charge in [0.15, 0.2) is 5.96 Å². The zero-order valence-corrected chi connectivity index (χ0v) is 20.2. The van der Waals surface area contributed by atoms with Crippen molar-refractivity contribution in [1.29, 1.82) is 0 Å². The van der Waals surface area contributed by atoms with Crippen LogP contribution in [0, 0.1) is 0 Å². The molecule has 2 rings (SSSR count). The Morgan fingerprint density at radius 2 is 1.81 bits per heavy atom. The first-order valence-electron chi connectivity index (χ1n) is 10.4. The van der Waals surface area contributed by atoms with Crippen molar-refractivity contribution in [3.63, 3.8) is 0 Å². The standard InChI is InChI=1S/C21H32F3N3O3.HI/c1-2-25-20(26-10-3-11-30-19-8-12-28-13-9-19)27-14-17-4-6-18(7-5-17)15-29-16-21(22,23)24;/h4-7,19H,2-3,8-16H2,1H3,(H2,25,26,27);1H. The Labute approximate surface area is 199 Å². The van der Waals surface area contributed by atoms with Gasteiger partial charge in [-0.15, -0.1) is 24.0 Å². The van der Waals surface area contributed by atoms with Crippen LogP contribution < -0.4 is 10.6 Å². The average molecular weight is 559 g/mol. The molecule has 1 heterocycles. The summed E-state index contributed by atoms with van der Waals surface area (Å²) in [6.45, 7) is 4.93. The van der Waals surface area contributed by atoms with Crippen molar-refractivity contribution in [2.45, 2.75) is 51.6 Å². The molecule has 0 amide bonds. The van der Waals surface area contributed by atoms with E-state index in [0.29, 0.717) is 24.8 Å². The van der Waals surface area contributed by atoms with Crippen LogP contribution in [0.4, 0.5) is 13.2 Å². The summed E-state index contributed by atoms with van der Waals surface area (Å²) in [5.74, 6) is 0.723. The predicted octanol–water partition coefficient (Wildman–Crippen LogP) is 4.02. The largest absolute Gasteiger partial charge is 0.411 e. The maximum Gasteiger partial charge on any atom is 0.411 e. The second-order valence-corrected chi connectivity index (χ2v) is 7.08. The SMILES string of the molecule is CCNC(=NCc1ccc(COCC(F)(F)F)cc1)NCCCOC1CCOCC1.I. The van der Waals surface area contributed by atoms with Crippen molar-refractivity contribution in [1.82, 2.24) is 10.6 Å². The molecule has 178 valence electrons. The van der Waals surface area contributed by atoms with Crippen molar-refractivity contribution in [3.8, 4) is 0 Å². The Morgan fingerprint density at radius 3 is 2.45 bits per heavy atom.